The van der Waals surface area contributed by atoms with Crippen molar-refractivity contribution in [2.45, 2.75) is 37.4 Å². The molecule has 2 aromatic rings. The van der Waals surface area contributed by atoms with E-state index in [1.165, 1.54) is 25.7 Å². The van der Waals surface area contributed by atoms with Crippen molar-refractivity contribution in [2.24, 2.45) is 5.92 Å². The van der Waals surface area contributed by atoms with E-state index in [9.17, 15) is 18.8 Å². The van der Waals surface area contributed by atoms with Crippen LogP contribution in [0.2, 0.25) is 0 Å². The summed E-state index contributed by atoms with van der Waals surface area (Å²) >= 11 is 0. The Labute approximate surface area is 178 Å². The van der Waals surface area contributed by atoms with Crippen LogP contribution in [0.4, 0.5) is 9.18 Å². The van der Waals surface area contributed by atoms with E-state index in [1.54, 1.807) is 17.0 Å². The molecule has 0 saturated carbocycles. The molecule has 0 N–H and O–H groups in total. The fraction of sp³-hybridized carbons (Fsp3) is 0.435. The van der Waals surface area contributed by atoms with Crippen LogP contribution in [-0.4, -0.2) is 60.4 Å². The first kappa shape index (κ1) is 19.8. The van der Waals surface area contributed by atoms with Gasteiger partial charge in [-0.1, -0.05) is 24.3 Å². The molecule has 7 nitrogen and oxygen atoms in total. The second-order valence-corrected chi connectivity index (χ2v) is 8.39. The van der Waals surface area contributed by atoms with Crippen molar-refractivity contribution >= 4 is 28.9 Å². The van der Waals surface area contributed by atoms with Crippen LogP contribution in [0.15, 0.2) is 35.9 Å². The molecule has 1 amide bonds. The quantitative estimate of drug-likeness (QED) is 0.545. The highest BCUT2D eigenvalue weighted by atomic mass is 19.1. The molecular formula is C23H23FN2O5. The van der Waals surface area contributed by atoms with Gasteiger partial charge < -0.3 is 14.4 Å². The summed E-state index contributed by atoms with van der Waals surface area (Å²) in [7, 11) is 2.56. The third-order valence-corrected chi connectivity index (χ3v) is 7.00. The molecule has 162 valence electrons. The molecule has 4 atom stereocenters. The number of fused-ring (bicyclic) bond motifs is 3. The molecule has 4 unspecified atom stereocenters. The average molecular weight is 426 g/mol. The van der Waals surface area contributed by atoms with Gasteiger partial charge in [0.1, 0.15) is 11.6 Å². The maximum absolute atomic E-state index is 14.8. The Morgan fingerprint density at radius 3 is 2.65 bits per heavy atom. The van der Waals surface area contributed by atoms with Crippen LogP contribution in [0.25, 0.3) is 10.9 Å². The zero-order valence-corrected chi connectivity index (χ0v) is 17.6. The molecule has 1 saturated heterocycles. The number of alkyl halides is 1. The van der Waals surface area contributed by atoms with Crippen LogP contribution in [-0.2, 0) is 30.9 Å². The monoisotopic (exact) mass is 426 g/mol. The van der Waals surface area contributed by atoms with E-state index in [0.717, 1.165) is 10.9 Å². The molecule has 0 radical (unpaired) electrons. The van der Waals surface area contributed by atoms with E-state index in [2.05, 4.69) is 0 Å². The number of para-hydroxylation sites is 1. The lowest BCUT2D eigenvalue weighted by Gasteiger charge is -2.53. The number of esters is 1. The number of hydrogen-bond donors (Lipinski definition) is 0. The number of nitrogens with zero attached hydrogens (tertiary/aromatic N) is 2. The van der Waals surface area contributed by atoms with Gasteiger partial charge in [-0.2, -0.15) is 0 Å². The van der Waals surface area contributed by atoms with Gasteiger partial charge in [-0.05, 0) is 37.0 Å². The molecule has 31 heavy (non-hydrogen) atoms. The molecule has 1 aliphatic carbocycles. The molecule has 1 aromatic carbocycles. The zero-order chi connectivity index (χ0) is 22.1. The average Bonchev–Trinajstić information content (AvgIpc) is 3.05. The van der Waals surface area contributed by atoms with Gasteiger partial charge in [-0.3, -0.25) is 9.59 Å². The summed E-state index contributed by atoms with van der Waals surface area (Å²) in [4.78, 5) is 41.2. The number of methoxy groups -OCH3 is 2. The number of benzene rings is 1. The van der Waals surface area contributed by atoms with Crippen molar-refractivity contribution < 1.29 is 28.2 Å². The predicted octanol–water partition coefficient (Wildman–Crippen LogP) is 2.74. The molecule has 4 aliphatic rings. The van der Waals surface area contributed by atoms with Gasteiger partial charge in [0.05, 0.1) is 37.4 Å². The standard InChI is InChI=1S/C23H23FN2O5/c1-12(24)16-10-13-11-23(21(28)30-2)18(16)25(20(13)27)9-8-15-14-6-4-5-7-17(14)26(19(15)23)22(29)31-3/h4-7,10,12-13,18H,8-9,11H2,1-3H3. The second kappa shape index (κ2) is 6.67. The Morgan fingerprint density at radius 1 is 1.23 bits per heavy atom. The molecule has 0 spiro atoms. The summed E-state index contributed by atoms with van der Waals surface area (Å²) in [5, 5.41) is 0.807. The number of amides is 1. The van der Waals surface area contributed by atoms with Crippen molar-refractivity contribution in [1.29, 1.82) is 0 Å². The number of piperidine rings is 1. The fourth-order valence-corrected chi connectivity index (χ4v) is 5.90. The minimum atomic E-state index is -1.41. The van der Waals surface area contributed by atoms with Gasteiger partial charge in [0.15, 0.2) is 0 Å². The Kier molecular flexibility index (Phi) is 4.26. The van der Waals surface area contributed by atoms with Crippen molar-refractivity contribution in [1.82, 2.24) is 9.47 Å². The smallest absolute Gasteiger partial charge is 0.418 e. The molecule has 8 heteroatoms. The zero-order valence-electron chi connectivity index (χ0n) is 17.6. The first-order valence-electron chi connectivity index (χ1n) is 10.3. The highest BCUT2D eigenvalue weighted by molar-refractivity contribution is 6.00. The van der Waals surface area contributed by atoms with Crippen LogP contribution in [0.1, 0.15) is 24.6 Å². The minimum Gasteiger partial charge on any atom is -0.468 e. The Bertz CT molecular complexity index is 1170. The third kappa shape index (κ3) is 2.36. The van der Waals surface area contributed by atoms with E-state index >= 15 is 0 Å². The molecule has 6 rings (SSSR count). The van der Waals surface area contributed by atoms with Gasteiger partial charge >= 0.3 is 12.1 Å². The molecule has 4 bridgehead atoms. The summed E-state index contributed by atoms with van der Waals surface area (Å²) in [6.45, 7) is 1.73. The van der Waals surface area contributed by atoms with Gasteiger partial charge in [-0.25, -0.2) is 13.8 Å². The van der Waals surface area contributed by atoms with Gasteiger partial charge in [-0.15, -0.1) is 0 Å². The first-order valence-corrected chi connectivity index (χ1v) is 10.3. The summed E-state index contributed by atoms with van der Waals surface area (Å²) in [6, 6.07) is 6.50. The van der Waals surface area contributed by atoms with E-state index in [1.807, 2.05) is 18.2 Å². The second-order valence-electron chi connectivity index (χ2n) is 8.39. The fourth-order valence-electron chi connectivity index (χ4n) is 5.90. The largest absolute Gasteiger partial charge is 0.468 e. The number of carbonyl (C=O) groups is 3. The maximum atomic E-state index is 14.8. The van der Waals surface area contributed by atoms with Crippen molar-refractivity contribution in [2.75, 3.05) is 20.8 Å². The Morgan fingerprint density at radius 2 is 1.97 bits per heavy atom. The lowest BCUT2D eigenvalue weighted by molar-refractivity contribution is -0.160. The molecule has 1 fully saturated rings. The van der Waals surface area contributed by atoms with Crippen LogP contribution in [0.5, 0.6) is 0 Å². The van der Waals surface area contributed by atoms with Crippen LogP contribution < -0.4 is 0 Å². The normalized spacial score (nSPS) is 27.4. The number of rotatable bonds is 2. The van der Waals surface area contributed by atoms with E-state index in [0.29, 0.717) is 29.7 Å². The van der Waals surface area contributed by atoms with Gasteiger partial charge in [0.2, 0.25) is 5.91 Å². The number of hydrogen-bond acceptors (Lipinski definition) is 5. The molecular weight excluding hydrogens is 403 g/mol. The number of ether oxygens (including phenoxy) is 2. The topological polar surface area (TPSA) is 77.8 Å². The predicted molar refractivity (Wildman–Crippen MR) is 109 cm³/mol. The van der Waals surface area contributed by atoms with Crippen LogP contribution in [0.3, 0.4) is 0 Å². The van der Waals surface area contributed by atoms with E-state index in [-0.39, 0.29) is 12.3 Å². The third-order valence-electron chi connectivity index (χ3n) is 7.00. The minimum absolute atomic E-state index is 0.118. The summed E-state index contributed by atoms with van der Waals surface area (Å²) in [5.41, 5.74) is 0.832. The van der Waals surface area contributed by atoms with Crippen molar-refractivity contribution in [3.63, 3.8) is 0 Å². The lowest BCUT2D eigenvalue weighted by Crippen LogP contribution is -2.67. The lowest BCUT2D eigenvalue weighted by atomic mass is 9.60. The molecule has 3 aliphatic heterocycles. The number of aromatic nitrogens is 1. The summed E-state index contributed by atoms with van der Waals surface area (Å²) < 4.78 is 26.6. The maximum Gasteiger partial charge on any atom is 0.418 e. The van der Waals surface area contributed by atoms with E-state index in [4.69, 9.17) is 9.47 Å². The van der Waals surface area contributed by atoms with E-state index < -0.39 is 35.6 Å². The molecule has 4 heterocycles. The number of halogens is 1. The Hall–Kier alpha value is -3.16. The highest BCUT2D eigenvalue weighted by Gasteiger charge is 2.65. The van der Waals surface area contributed by atoms with Crippen LogP contribution >= 0.6 is 0 Å². The van der Waals surface area contributed by atoms with Gasteiger partial charge in [0, 0.05) is 11.9 Å². The summed E-state index contributed by atoms with van der Waals surface area (Å²) in [6.07, 6.45) is 0.217. The number of carbonyl (C=O) groups excluding carboxylic acids is 3. The first-order chi connectivity index (χ1) is 14.9. The Balaban J connectivity index is 1.93. The van der Waals surface area contributed by atoms with Crippen molar-refractivity contribution in [3.8, 4) is 0 Å². The van der Waals surface area contributed by atoms with Crippen molar-refractivity contribution in [3.05, 3.63) is 47.2 Å². The SMILES string of the molecule is COC(=O)n1c2c(c3ccccc31)CCN1C(=O)C3C=C(C(C)F)C1C2(C(=O)OC)C3. The highest BCUT2D eigenvalue weighted by Crippen LogP contribution is 2.54. The van der Waals surface area contributed by atoms with Crippen LogP contribution in [0, 0.1) is 5.92 Å². The van der Waals surface area contributed by atoms with Gasteiger partial charge in [0.25, 0.3) is 0 Å². The molecule has 1 aromatic heterocycles. The summed E-state index contributed by atoms with van der Waals surface area (Å²) in [5.74, 6) is -1.36.